The first-order chi connectivity index (χ1) is 10.7. The number of piperazine rings is 1. The van der Waals surface area contributed by atoms with Crippen molar-refractivity contribution in [2.24, 2.45) is 10.9 Å². The molecule has 2 rings (SSSR count). The number of rotatable bonds is 5. The Morgan fingerprint density at radius 2 is 1.82 bits per heavy atom. The van der Waals surface area contributed by atoms with E-state index in [1.807, 2.05) is 7.05 Å². The molecule has 1 saturated heterocycles. The summed E-state index contributed by atoms with van der Waals surface area (Å²) in [7, 11) is 1.88. The predicted octanol–water partition coefficient (Wildman–Crippen LogP) is 2.43. The average molecular weight is 302 g/mol. The van der Waals surface area contributed by atoms with Crippen LogP contribution in [-0.2, 0) is 6.54 Å². The molecule has 4 heteroatoms. The maximum atomic E-state index is 4.43. The van der Waals surface area contributed by atoms with Gasteiger partial charge in [-0.25, -0.2) is 0 Å². The topological polar surface area (TPSA) is 30.9 Å². The lowest BCUT2D eigenvalue weighted by atomic mass is 10.1. The van der Waals surface area contributed by atoms with Gasteiger partial charge in [0.05, 0.1) is 0 Å². The fourth-order valence-electron chi connectivity index (χ4n) is 2.76. The van der Waals surface area contributed by atoms with Gasteiger partial charge in [0.1, 0.15) is 0 Å². The van der Waals surface area contributed by atoms with Crippen LogP contribution < -0.4 is 5.32 Å². The zero-order chi connectivity index (χ0) is 15.8. The number of aliphatic imine (C=N–C) groups is 1. The van der Waals surface area contributed by atoms with Crippen LogP contribution in [0.15, 0.2) is 35.3 Å². The summed E-state index contributed by atoms with van der Waals surface area (Å²) in [5, 5.41) is 3.49. The molecule has 1 fully saturated rings. The Morgan fingerprint density at radius 1 is 1.14 bits per heavy atom. The van der Waals surface area contributed by atoms with Crippen molar-refractivity contribution in [3.8, 4) is 0 Å². The van der Waals surface area contributed by atoms with Crippen molar-refractivity contribution in [3.63, 3.8) is 0 Å². The first kappa shape index (κ1) is 16.8. The molecule has 1 N–H and O–H groups in total. The summed E-state index contributed by atoms with van der Waals surface area (Å²) in [6.45, 7) is 10.9. The van der Waals surface area contributed by atoms with Crippen LogP contribution in [0.3, 0.4) is 0 Å². The highest BCUT2D eigenvalue weighted by molar-refractivity contribution is 5.79. The van der Waals surface area contributed by atoms with Crippen LogP contribution in [0.5, 0.6) is 0 Å². The third-order valence-electron chi connectivity index (χ3n) is 4.14. The van der Waals surface area contributed by atoms with Crippen molar-refractivity contribution in [1.29, 1.82) is 0 Å². The predicted molar refractivity (Wildman–Crippen MR) is 94.1 cm³/mol. The van der Waals surface area contributed by atoms with Gasteiger partial charge >= 0.3 is 0 Å². The highest BCUT2D eigenvalue weighted by Gasteiger charge is 2.19. The molecule has 1 aromatic rings. The van der Waals surface area contributed by atoms with E-state index in [9.17, 15) is 0 Å². The molecule has 0 amide bonds. The lowest BCUT2D eigenvalue weighted by Crippen LogP contribution is -2.52. The number of hydrogen-bond acceptors (Lipinski definition) is 2. The van der Waals surface area contributed by atoms with Crippen LogP contribution >= 0.6 is 0 Å². The second-order valence-electron chi connectivity index (χ2n) is 6.41. The highest BCUT2D eigenvalue weighted by Crippen LogP contribution is 2.08. The van der Waals surface area contributed by atoms with Gasteiger partial charge in [-0.15, -0.1) is 0 Å². The van der Waals surface area contributed by atoms with Crippen molar-refractivity contribution in [2.45, 2.75) is 26.8 Å². The maximum Gasteiger partial charge on any atom is 0.193 e. The van der Waals surface area contributed by atoms with Crippen molar-refractivity contribution in [2.75, 3.05) is 39.8 Å². The maximum absolute atomic E-state index is 4.43. The van der Waals surface area contributed by atoms with Gasteiger partial charge in [0.2, 0.25) is 0 Å². The van der Waals surface area contributed by atoms with Gasteiger partial charge in [-0.2, -0.15) is 0 Å². The Morgan fingerprint density at radius 3 is 2.41 bits per heavy atom. The minimum absolute atomic E-state index is 0.730. The molecule has 0 aromatic heterocycles. The van der Waals surface area contributed by atoms with Crippen molar-refractivity contribution < 1.29 is 0 Å². The second kappa shape index (κ2) is 8.79. The molecule has 1 aliphatic rings. The molecule has 0 unspecified atom stereocenters. The summed E-state index contributed by atoms with van der Waals surface area (Å²) in [6.07, 6.45) is 1.19. The molecule has 0 spiro atoms. The van der Waals surface area contributed by atoms with Crippen LogP contribution in [0.4, 0.5) is 0 Å². The summed E-state index contributed by atoms with van der Waals surface area (Å²) in [6, 6.07) is 10.7. The van der Waals surface area contributed by atoms with Crippen molar-refractivity contribution in [3.05, 3.63) is 35.9 Å². The third kappa shape index (κ3) is 5.34. The average Bonchev–Trinajstić information content (AvgIpc) is 2.53. The monoisotopic (exact) mass is 302 g/mol. The van der Waals surface area contributed by atoms with Crippen LogP contribution in [-0.4, -0.2) is 55.5 Å². The van der Waals surface area contributed by atoms with Gasteiger partial charge in [-0.3, -0.25) is 9.89 Å². The summed E-state index contributed by atoms with van der Waals surface area (Å²) in [4.78, 5) is 9.33. The van der Waals surface area contributed by atoms with E-state index in [4.69, 9.17) is 0 Å². The fourth-order valence-corrected chi connectivity index (χ4v) is 2.76. The summed E-state index contributed by atoms with van der Waals surface area (Å²) < 4.78 is 0. The fraction of sp³-hybridized carbons (Fsp3) is 0.611. The van der Waals surface area contributed by atoms with Gasteiger partial charge in [0.15, 0.2) is 5.96 Å². The lowest BCUT2D eigenvalue weighted by Gasteiger charge is -2.36. The largest absolute Gasteiger partial charge is 0.356 e. The van der Waals surface area contributed by atoms with Crippen LogP contribution in [0.2, 0.25) is 0 Å². The standard InChI is InChI=1S/C18H30N4/c1-16(2)9-10-20-18(19-3)22-13-11-21(12-14-22)15-17-7-5-4-6-8-17/h4-8,16H,9-15H2,1-3H3,(H,19,20). The minimum Gasteiger partial charge on any atom is -0.356 e. The van der Waals surface area contributed by atoms with Gasteiger partial charge in [0, 0.05) is 46.3 Å². The molecule has 1 aromatic carbocycles. The molecule has 0 radical (unpaired) electrons. The molecule has 1 heterocycles. The van der Waals surface area contributed by atoms with E-state index in [2.05, 4.69) is 64.3 Å². The van der Waals surface area contributed by atoms with Gasteiger partial charge in [-0.1, -0.05) is 44.2 Å². The Kier molecular flexibility index (Phi) is 6.72. The first-order valence-corrected chi connectivity index (χ1v) is 8.41. The van der Waals surface area contributed by atoms with E-state index in [-0.39, 0.29) is 0 Å². The van der Waals surface area contributed by atoms with E-state index in [0.29, 0.717) is 0 Å². The zero-order valence-electron chi connectivity index (χ0n) is 14.3. The minimum atomic E-state index is 0.730. The van der Waals surface area contributed by atoms with E-state index in [1.54, 1.807) is 0 Å². The van der Waals surface area contributed by atoms with E-state index < -0.39 is 0 Å². The molecular weight excluding hydrogens is 272 g/mol. The number of nitrogens with one attached hydrogen (secondary N) is 1. The number of benzene rings is 1. The van der Waals surface area contributed by atoms with Gasteiger partial charge in [0.25, 0.3) is 0 Å². The van der Waals surface area contributed by atoms with E-state index >= 15 is 0 Å². The summed E-state index contributed by atoms with van der Waals surface area (Å²) in [5.74, 6) is 1.79. The van der Waals surface area contributed by atoms with E-state index in [0.717, 1.165) is 51.1 Å². The van der Waals surface area contributed by atoms with Crippen molar-refractivity contribution in [1.82, 2.24) is 15.1 Å². The summed E-state index contributed by atoms with van der Waals surface area (Å²) in [5.41, 5.74) is 1.40. The smallest absolute Gasteiger partial charge is 0.193 e. The zero-order valence-corrected chi connectivity index (χ0v) is 14.3. The SMILES string of the molecule is CN=C(NCCC(C)C)N1CCN(Cc2ccccc2)CC1. The quantitative estimate of drug-likeness (QED) is 0.669. The van der Waals surface area contributed by atoms with Gasteiger partial charge in [-0.05, 0) is 17.9 Å². The first-order valence-electron chi connectivity index (χ1n) is 8.41. The highest BCUT2D eigenvalue weighted by atomic mass is 15.3. The molecular formula is C18H30N4. The Labute approximate surface area is 135 Å². The third-order valence-corrected chi connectivity index (χ3v) is 4.14. The van der Waals surface area contributed by atoms with Crippen LogP contribution in [0.25, 0.3) is 0 Å². The molecule has 0 saturated carbocycles. The molecule has 0 atom stereocenters. The molecule has 122 valence electrons. The second-order valence-corrected chi connectivity index (χ2v) is 6.41. The van der Waals surface area contributed by atoms with Crippen LogP contribution in [0.1, 0.15) is 25.8 Å². The molecule has 1 aliphatic heterocycles. The van der Waals surface area contributed by atoms with Crippen LogP contribution in [0, 0.1) is 5.92 Å². The lowest BCUT2D eigenvalue weighted by molar-refractivity contribution is 0.172. The normalized spacial score (nSPS) is 17.1. The molecule has 0 aliphatic carbocycles. The summed E-state index contributed by atoms with van der Waals surface area (Å²) >= 11 is 0. The molecule has 4 nitrogen and oxygen atoms in total. The Balaban J connectivity index is 1.75. The number of guanidine groups is 1. The molecule has 0 bridgehead atoms. The van der Waals surface area contributed by atoms with E-state index in [1.165, 1.54) is 12.0 Å². The Bertz CT molecular complexity index is 447. The molecule has 22 heavy (non-hydrogen) atoms. The van der Waals surface area contributed by atoms with Gasteiger partial charge < -0.3 is 10.2 Å². The Hall–Kier alpha value is -1.55. The number of hydrogen-bond donors (Lipinski definition) is 1. The van der Waals surface area contributed by atoms with Crippen molar-refractivity contribution >= 4 is 5.96 Å². The number of nitrogens with zero attached hydrogens (tertiary/aromatic N) is 3.